The molecule has 1 N–H and O–H groups in total. The van der Waals surface area contributed by atoms with E-state index in [1.807, 2.05) is 0 Å². The number of methoxy groups -OCH3 is 1. The van der Waals surface area contributed by atoms with Crippen molar-refractivity contribution in [3.8, 4) is 0 Å². The van der Waals surface area contributed by atoms with E-state index in [4.69, 9.17) is 0 Å². The van der Waals surface area contributed by atoms with E-state index >= 15 is 0 Å². The number of ether oxygens (including phenoxy) is 1. The molecule has 0 bridgehead atoms. The number of amides is 1. The predicted octanol–water partition coefficient (Wildman–Crippen LogP) is 2.43. The van der Waals surface area contributed by atoms with Crippen LogP contribution < -0.4 is 5.32 Å². The topological polar surface area (TPSA) is 55.4 Å². The Balaban J connectivity index is 2.92. The van der Waals surface area contributed by atoms with Gasteiger partial charge in [-0.15, -0.1) is 0 Å². The summed E-state index contributed by atoms with van der Waals surface area (Å²) in [7, 11) is 1.24. The Morgan fingerprint density at radius 3 is 2.55 bits per heavy atom. The maximum atomic E-state index is 13.5. The van der Waals surface area contributed by atoms with Gasteiger partial charge in [0.2, 0.25) is 0 Å². The lowest BCUT2D eigenvalue weighted by molar-refractivity contribution is -0.142. The van der Waals surface area contributed by atoms with Crippen molar-refractivity contribution < 1.29 is 23.1 Å². The first-order chi connectivity index (χ1) is 9.33. The van der Waals surface area contributed by atoms with Crippen molar-refractivity contribution in [2.75, 3.05) is 7.11 Å². The SMILES string of the molecule is CC[C@](C)(CC(=O)OC)NC(=O)c1cccc(F)c1F. The lowest BCUT2D eigenvalue weighted by Gasteiger charge is -2.28. The third-order valence-electron chi connectivity index (χ3n) is 3.15. The molecular formula is C14H17F2NO3. The molecule has 1 aromatic carbocycles. The average Bonchev–Trinajstić information content (AvgIpc) is 2.41. The van der Waals surface area contributed by atoms with E-state index in [0.29, 0.717) is 6.42 Å². The predicted molar refractivity (Wildman–Crippen MR) is 69.2 cm³/mol. The second kappa shape index (κ2) is 6.45. The number of halogens is 2. The lowest BCUT2D eigenvalue weighted by atomic mass is 9.94. The van der Waals surface area contributed by atoms with Crippen LogP contribution in [-0.2, 0) is 9.53 Å². The Bertz CT molecular complexity index is 519. The lowest BCUT2D eigenvalue weighted by Crippen LogP contribution is -2.47. The van der Waals surface area contributed by atoms with Crippen LogP contribution in [0.25, 0.3) is 0 Å². The minimum Gasteiger partial charge on any atom is -0.469 e. The highest BCUT2D eigenvalue weighted by atomic mass is 19.2. The molecule has 0 spiro atoms. The number of nitrogens with one attached hydrogen (secondary N) is 1. The van der Waals surface area contributed by atoms with Crippen LogP contribution in [0.4, 0.5) is 8.78 Å². The van der Waals surface area contributed by atoms with E-state index < -0.39 is 34.6 Å². The first kappa shape index (κ1) is 16.1. The minimum absolute atomic E-state index is 0.0529. The second-order valence-corrected chi connectivity index (χ2v) is 4.72. The molecule has 1 amide bonds. The van der Waals surface area contributed by atoms with Crippen LogP contribution in [0.1, 0.15) is 37.0 Å². The van der Waals surface area contributed by atoms with Crippen LogP contribution in [-0.4, -0.2) is 24.5 Å². The summed E-state index contributed by atoms with van der Waals surface area (Å²) in [6.07, 6.45) is 0.382. The van der Waals surface area contributed by atoms with Crippen molar-refractivity contribution in [2.45, 2.75) is 32.2 Å². The van der Waals surface area contributed by atoms with Gasteiger partial charge in [-0.3, -0.25) is 9.59 Å². The molecule has 1 atom stereocenters. The third kappa shape index (κ3) is 3.76. The van der Waals surface area contributed by atoms with Crippen molar-refractivity contribution in [1.29, 1.82) is 0 Å². The zero-order chi connectivity index (χ0) is 15.3. The molecule has 6 heteroatoms. The first-order valence-electron chi connectivity index (χ1n) is 6.16. The molecule has 0 aliphatic carbocycles. The van der Waals surface area contributed by atoms with Crippen LogP contribution in [0.5, 0.6) is 0 Å². The monoisotopic (exact) mass is 285 g/mol. The third-order valence-corrected chi connectivity index (χ3v) is 3.15. The molecule has 0 aliphatic heterocycles. The van der Waals surface area contributed by atoms with Gasteiger partial charge in [-0.1, -0.05) is 13.0 Å². The van der Waals surface area contributed by atoms with Crippen molar-refractivity contribution in [2.24, 2.45) is 0 Å². The summed E-state index contributed by atoms with van der Waals surface area (Å²) in [5.41, 5.74) is -1.28. The van der Waals surface area contributed by atoms with E-state index in [9.17, 15) is 18.4 Å². The first-order valence-corrected chi connectivity index (χ1v) is 6.16. The molecule has 0 aromatic heterocycles. The fraction of sp³-hybridized carbons (Fsp3) is 0.429. The van der Waals surface area contributed by atoms with Crippen LogP contribution in [0.2, 0.25) is 0 Å². The highest BCUT2D eigenvalue weighted by Crippen LogP contribution is 2.18. The minimum atomic E-state index is -1.21. The number of carbonyl (C=O) groups excluding carboxylic acids is 2. The molecule has 1 aromatic rings. The molecule has 0 heterocycles. The molecule has 0 saturated heterocycles. The number of rotatable bonds is 5. The zero-order valence-corrected chi connectivity index (χ0v) is 11.6. The maximum Gasteiger partial charge on any atom is 0.307 e. The molecule has 1 rings (SSSR count). The van der Waals surface area contributed by atoms with Gasteiger partial charge in [0, 0.05) is 5.54 Å². The van der Waals surface area contributed by atoms with Gasteiger partial charge >= 0.3 is 5.97 Å². The normalized spacial score (nSPS) is 13.4. The molecule has 0 saturated carbocycles. The number of benzene rings is 1. The maximum absolute atomic E-state index is 13.5. The Labute approximate surface area is 116 Å². The largest absolute Gasteiger partial charge is 0.469 e. The molecule has 0 radical (unpaired) electrons. The molecule has 4 nitrogen and oxygen atoms in total. The fourth-order valence-electron chi connectivity index (χ4n) is 1.67. The quantitative estimate of drug-likeness (QED) is 0.845. The molecule has 0 fully saturated rings. The molecule has 20 heavy (non-hydrogen) atoms. The van der Waals surface area contributed by atoms with Gasteiger partial charge in [0.1, 0.15) is 0 Å². The summed E-state index contributed by atoms with van der Waals surface area (Å²) in [5, 5.41) is 2.55. The smallest absolute Gasteiger partial charge is 0.307 e. The number of hydrogen-bond acceptors (Lipinski definition) is 3. The van der Waals surface area contributed by atoms with Gasteiger partial charge in [0.15, 0.2) is 11.6 Å². The summed E-state index contributed by atoms with van der Waals surface area (Å²) < 4.78 is 31.2. The highest BCUT2D eigenvalue weighted by molar-refractivity contribution is 5.95. The Morgan fingerprint density at radius 1 is 1.35 bits per heavy atom. The van der Waals surface area contributed by atoms with Gasteiger partial charge in [-0.2, -0.15) is 0 Å². The van der Waals surface area contributed by atoms with E-state index in [1.54, 1.807) is 13.8 Å². The van der Waals surface area contributed by atoms with Crippen LogP contribution >= 0.6 is 0 Å². The van der Waals surface area contributed by atoms with Crippen LogP contribution in [0.3, 0.4) is 0 Å². The van der Waals surface area contributed by atoms with Crippen molar-refractivity contribution in [3.05, 3.63) is 35.4 Å². The number of esters is 1. The number of hydrogen-bond donors (Lipinski definition) is 1. The van der Waals surface area contributed by atoms with E-state index in [-0.39, 0.29) is 6.42 Å². The highest BCUT2D eigenvalue weighted by Gasteiger charge is 2.29. The van der Waals surface area contributed by atoms with Crippen LogP contribution in [0.15, 0.2) is 18.2 Å². The van der Waals surface area contributed by atoms with Crippen molar-refractivity contribution in [1.82, 2.24) is 5.32 Å². The summed E-state index contributed by atoms with van der Waals surface area (Å²) in [5.74, 6) is -3.56. The molecular weight excluding hydrogens is 268 g/mol. The standard InChI is InChI=1S/C14H17F2NO3/c1-4-14(2,8-11(18)20-3)17-13(19)9-6-5-7-10(15)12(9)16/h5-7H,4,8H2,1-3H3,(H,17,19)/t14-/m1/s1. The van der Waals surface area contributed by atoms with Crippen molar-refractivity contribution >= 4 is 11.9 Å². The van der Waals surface area contributed by atoms with Gasteiger partial charge in [-0.05, 0) is 25.5 Å². The van der Waals surface area contributed by atoms with Crippen molar-refractivity contribution in [3.63, 3.8) is 0 Å². The second-order valence-electron chi connectivity index (χ2n) is 4.72. The molecule has 0 unspecified atom stereocenters. The Hall–Kier alpha value is -1.98. The number of carbonyl (C=O) groups is 2. The Morgan fingerprint density at radius 2 is 2.00 bits per heavy atom. The van der Waals surface area contributed by atoms with Gasteiger partial charge in [0.25, 0.3) is 5.91 Å². The van der Waals surface area contributed by atoms with Gasteiger partial charge in [-0.25, -0.2) is 8.78 Å². The van der Waals surface area contributed by atoms with Crippen LogP contribution in [0, 0.1) is 11.6 Å². The summed E-state index contributed by atoms with van der Waals surface area (Å²) in [6.45, 7) is 3.41. The Kier molecular flexibility index (Phi) is 5.19. The van der Waals surface area contributed by atoms with E-state index in [1.165, 1.54) is 19.2 Å². The summed E-state index contributed by atoms with van der Waals surface area (Å²) in [6, 6.07) is 3.36. The van der Waals surface area contributed by atoms with E-state index in [2.05, 4.69) is 10.1 Å². The molecule has 0 aliphatic rings. The zero-order valence-electron chi connectivity index (χ0n) is 11.6. The fourth-order valence-corrected chi connectivity index (χ4v) is 1.67. The summed E-state index contributed by atoms with van der Waals surface area (Å²) >= 11 is 0. The average molecular weight is 285 g/mol. The van der Waals surface area contributed by atoms with E-state index in [0.717, 1.165) is 6.07 Å². The summed E-state index contributed by atoms with van der Waals surface area (Å²) in [4.78, 5) is 23.3. The van der Waals surface area contributed by atoms with Gasteiger partial charge in [0.05, 0.1) is 19.1 Å². The molecule has 110 valence electrons. The van der Waals surface area contributed by atoms with Gasteiger partial charge < -0.3 is 10.1 Å².